The summed E-state index contributed by atoms with van der Waals surface area (Å²) >= 11 is 13.2. The Balaban J connectivity index is 2.07. The number of hydrogen-bond acceptors (Lipinski definition) is 4. The first-order valence-electron chi connectivity index (χ1n) is 5.64. The molecular formula is C12H11Cl2N3OS. The lowest BCUT2D eigenvalue weighted by Crippen LogP contribution is -2.08. The zero-order valence-corrected chi connectivity index (χ0v) is 12.4. The molecule has 0 aliphatic rings. The standard InChI is InChI=1S/C12H11Cl2N3OS/c1-2-10(18)15-12-17-16-11(19-12)6-7-3-4-8(13)9(14)5-7/h3-5H,2,6H2,1H3,(H,15,17,18). The van der Waals surface area contributed by atoms with E-state index in [9.17, 15) is 4.79 Å². The number of carbonyl (C=O) groups excluding carboxylic acids is 1. The highest BCUT2D eigenvalue weighted by atomic mass is 35.5. The molecule has 0 spiro atoms. The van der Waals surface area contributed by atoms with Crippen LogP contribution < -0.4 is 5.32 Å². The van der Waals surface area contributed by atoms with Crippen LogP contribution in [0.15, 0.2) is 18.2 Å². The van der Waals surface area contributed by atoms with Crippen molar-refractivity contribution >= 4 is 45.6 Å². The predicted molar refractivity (Wildman–Crippen MR) is 78.1 cm³/mol. The van der Waals surface area contributed by atoms with Gasteiger partial charge >= 0.3 is 0 Å². The first-order chi connectivity index (χ1) is 9.08. The van der Waals surface area contributed by atoms with E-state index in [1.165, 1.54) is 11.3 Å². The minimum absolute atomic E-state index is 0.0720. The third kappa shape index (κ3) is 3.89. The summed E-state index contributed by atoms with van der Waals surface area (Å²) in [6, 6.07) is 5.44. The van der Waals surface area contributed by atoms with Crippen LogP contribution in [0.1, 0.15) is 23.9 Å². The van der Waals surface area contributed by atoms with Gasteiger partial charge < -0.3 is 5.32 Å². The van der Waals surface area contributed by atoms with Crippen molar-refractivity contribution < 1.29 is 4.79 Å². The van der Waals surface area contributed by atoms with Gasteiger partial charge in [0.15, 0.2) is 0 Å². The number of benzene rings is 1. The van der Waals surface area contributed by atoms with Crippen molar-refractivity contribution in [1.82, 2.24) is 10.2 Å². The van der Waals surface area contributed by atoms with E-state index in [2.05, 4.69) is 15.5 Å². The first-order valence-corrected chi connectivity index (χ1v) is 7.22. The predicted octanol–water partition coefficient (Wildman–Crippen LogP) is 3.78. The van der Waals surface area contributed by atoms with Crippen LogP contribution in [0.3, 0.4) is 0 Å². The lowest BCUT2D eigenvalue weighted by atomic mass is 10.2. The fourth-order valence-electron chi connectivity index (χ4n) is 1.41. The molecule has 19 heavy (non-hydrogen) atoms. The Morgan fingerprint density at radius 2 is 2.11 bits per heavy atom. The van der Waals surface area contributed by atoms with Gasteiger partial charge in [-0.05, 0) is 17.7 Å². The van der Waals surface area contributed by atoms with Crippen LogP contribution in [-0.4, -0.2) is 16.1 Å². The van der Waals surface area contributed by atoms with Gasteiger partial charge in [0.25, 0.3) is 0 Å². The smallest absolute Gasteiger partial charge is 0.225 e. The quantitative estimate of drug-likeness (QED) is 0.934. The molecule has 100 valence electrons. The number of aromatic nitrogens is 2. The Bertz CT molecular complexity index is 600. The van der Waals surface area contributed by atoms with E-state index >= 15 is 0 Å². The molecule has 0 saturated heterocycles. The number of nitrogens with zero attached hydrogens (tertiary/aromatic N) is 2. The van der Waals surface area contributed by atoms with E-state index < -0.39 is 0 Å². The number of anilines is 1. The second kappa shape index (κ2) is 6.32. The number of amides is 1. The molecule has 1 aromatic heterocycles. The highest BCUT2D eigenvalue weighted by Crippen LogP contribution is 2.25. The fourth-order valence-corrected chi connectivity index (χ4v) is 2.52. The van der Waals surface area contributed by atoms with Gasteiger partial charge in [-0.1, -0.05) is 47.5 Å². The molecule has 0 fully saturated rings. The third-order valence-corrected chi connectivity index (χ3v) is 3.95. The maximum atomic E-state index is 11.2. The zero-order valence-electron chi connectivity index (χ0n) is 10.1. The van der Waals surface area contributed by atoms with Gasteiger partial charge in [0, 0.05) is 12.8 Å². The number of nitrogens with one attached hydrogen (secondary N) is 1. The van der Waals surface area contributed by atoms with Crippen LogP contribution >= 0.6 is 34.5 Å². The molecule has 0 saturated carbocycles. The number of carbonyl (C=O) groups is 1. The largest absolute Gasteiger partial charge is 0.301 e. The summed E-state index contributed by atoms with van der Waals surface area (Å²) in [5.74, 6) is -0.0720. The SMILES string of the molecule is CCC(=O)Nc1nnc(Cc2ccc(Cl)c(Cl)c2)s1. The molecule has 0 bridgehead atoms. The third-order valence-electron chi connectivity index (χ3n) is 2.37. The number of halogens is 2. The molecular weight excluding hydrogens is 305 g/mol. The van der Waals surface area contributed by atoms with Gasteiger partial charge in [0.05, 0.1) is 10.0 Å². The molecule has 0 aliphatic heterocycles. The normalized spacial score (nSPS) is 10.5. The molecule has 1 amide bonds. The van der Waals surface area contributed by atoms with Crippen LogP contribution in [0, 0.1) is 0 Å². The highest BCUT2D eigenvalue weighted by molar-refractivity contribution is 7.15. The van der Waals surface area contributed by atoms with Crippen molar-refractivity contribution in [2.45, 2.75) is 19.8 Å². The van der Waals surface area contributed by atoms with E-state index in [4.69, 9.17) is 23.2 Å². The van der Waals surface area contributed by atoms with E-state index in [1.54, 1.807) is 19.1 Å². The lowest BCUT2D eigenvalue weighted by molar-refractivity contribution is -0.115. The van der Waals surface area contributed by atoms with E-state index in [0.717, 1.165) is 10.6 Å². The van der Waals surface area contributed by atoms with Crippen molar-refractivity contribution in [1.29, 1.82) is 0 Å². The Morgan fingerprint density at radius 1 is 1.32 bits per heavy atom. The minimum atomic E-state index is -0.0720. The second-order valence-electron chi connectivity index (χ2n) is 3.83. The van der Waals surface area contributed by atoms with Crippen LogP contribution in [0.5, 0.6) is 0 Å². The van der Waals surface area contributed by atoms with Gasteiger partial charge in [-0.3, -0.25) is 4.79 Å². The molecule has 7 heteroatoms. The monoisotopic (exact) mass is 315 g/mol. The van der Waals surface area contributed by atoms with Crippen molar-refractivity contribution in [3.05, 3.63) is 38.8 Å². The van der Waals surface area contributed by atoms with Gasteiger partial charge in [0.1, 0.15) is 5.01 Å². The summed E-state index contributed by atoms with van der Waals surface area (Å²) in [6.45, 7) is 1.78. The summed E-state index contributed by atoms with van der Waals surface area (Å²) < 4.78 is 0. The Hall–Kier alpha value is -1.17. The van der Waals surface area contributed by atoms with Crippen molar-refractivity contribution in [2.24, 2.45) is 0 Å². The highest BCUT2D eigenvalue weighted by Gasteiger charge is 2.08. The topological polar surface area (TPSA) is 54.9 Å². The second-order valence-corrected chi connectivity index (χ2v) is 5.70. The van der Waals surface area contributed by atoms with Gasteiger partial charge in [-0.25, -0.2) is 0 Å². The maximum Gasteiger partial charge on any atom is 0.225 e. The number of hydrogen-bond donors (Lipinski definition) is 1. The summed E-state index contributed by atoms with van der Waals surface area (Å²) in [6.07, 6.45) is 1.03. The summed E-state index contributed by atoms with van der Waals surface area (Å²) in [4.78, 5) is 11.2. The van der Waals surface area contributed by atoms with Crippen molar-refractivity contribution in [3.63, 3.8) is 0 Å². The molecule has 2 aromatic rings. The van der Waals surface area contributed by atoms with Gasteiger partial charge in [-0.15, -0.1) is 10.2 Å². The molecule has 0 radical (unpaired) electrons. The van der Waals surface area contributed by atoms with Gasteiger partial charge in [0.2, 0.25) is 11.0 Å². The zero-order chi connectivity index (χ0) is 13.8. The molecule has 0 aliphatic carbocycles. The molecule has 2 rings (SSSR count). The summed E-state index contributed by atoms with van der Waals surface area (Å²) in [5, 5.41) is 13.0. The lowest BCUT2D eigenvalue weighted by Gasteiger charge is -2.00. The molecule has 0 unspecified atom stereocenters. The van der Waals surface area contributed by atoms with E-state index in [1.807, 2.05) is 6.07 Å². The van der Waals surface area contributed by atoms with Crippen molar-refractivity contribution in [2.75, 3.05) is 5.32 Å². The van der Waals surface area contributed by atoms with E-state index in [-0.39, 0.29) is 5.91 Å². The van der Waals surface area contributed by atoms with Crippen LogP contribution in [0.4, 0.5) is 5.13 Å². The molecule has 4 nitrogen and oxygen atoms in total. The van der Waals surface area contributed by atoms with Crippen LogP contribution in [0.2, 0.25) is 10.0 Å². The van der Waals surface area contributed by atoms with Gasteiger partial charge in [-0.2, -0.15) is 0 Å². The fraction of sp³-hybridized carbons (Fsp3) is 0.250. The van der Waals surface area contributed by atoms with Crippen LogP contribution in [-0.2, 0) is 11.2 Å². The Labute approximate surface area is 124 Å². The molecule has 0 atom stereocenters. The number of rotatable bonds is 4. The summed E-state index contributed by atoms with van der Waals surface area (Å²) in [5.41, 5.74) is 0.999. The van der Waals surface area contributed by atoms with Crippen LogP contribution in [0.25, 0.3) is 0 Å². The van der Waals surface area contributed by atoms with Crippen molar-refractivity contribution in [3.8, 4) is 0 Å². The molecule has 1 aromatic carbocycles. The first kappa shape index (κ1) is 14.2. The Morgan fingerprint density at radius 3 is 2.79 bits per heavy atom. The average molecular weight is 316 g/mol. The Kier molecular flexibility index (Phi) is 4.74. The average Bonchev–Trinajstić information content (AvgIpc) is 2.81. The molecule has 1 heterocycles. The van der Waals surface area contributed by atoms with E-state index in [0.29, 0.717) is 28.0 Å². The molecule has 1 N–H and O–H groups in total. The maximum absolute atomic E-state index is 11.2. The summed E-state index contributed by atoms with van der Waals surface area (Å²) in [7, 11) is 0. The minimum Gasteiger partial charge on any atom is -0.301 e.